The Bertz CT molecular complexity index is 451. The van der Waals surface area contributed by atoms with Gasteiger partial charge in [-0.15, -0.1) is 0 Å². The minimum absolute atomic E-state index is 0.0548. The lowest BCUT2D eigenvalue weighted by molar-refractivity contribution is -0.116. The van der Waals surface area contributed by atoms with Crippen molar-refractivity contribution in [1.29, 1.82) is 0 Å². The lowest BCUT2D eigenvalue weighted by atomic mass is 10.1. The van der Waals surface area contributed by atoms with Gasteiger partial charge in [-0.25, -0.2) is 4.39 Å². The van der Waals surface area contributed by atoms with E-state index in [4.69, 9.17) is 0 Å². The van der Waals surface area contributed by atoms with E-state index in [0.717, 1.165) is 5.69 Å². The quantitative estimate of drug-likeness (QED) is 0.662. The molecule has 2 aliphatic heterocycles. The van der Waals surface area contributed by atoms with Gasteiger partial charge in [-0.1, -0.05) is 12.1 Å². The Morgan fingerprint density at radius 3 is 3.00 bits per heavy atom. The second-order valence-corrected chi connectivity index (χ2v) is 4.42. The first-order valence-corrected chi connectivity index (χ1v) is 5.78. The maximum atomic E-state index is 14.0. The van der Waals surface area contributed by atoms with Crippen LogP contribution in [0.3, 0.4) is 0 Å². The summed E-state index contributed by atoms with van der Waals surface area (Å²) in [5, 5.41) is 5.84. The van der Waals surface area contributed by atoms with Crippen LogP contribution in [0, 0.1) is 0 Å². The number of para-hydroxylation sites is 2. The zero-order valence-corrected chi connectivity index (χ0v) is 9.32. The highest BCUT2D eigenvalue weighted by Gasteiger charge is 2.35. The molecule has 0 radical (unpaired) electrons. The van der Waals surface area contributed by atoms with Crippen LogP contribution in [0.5, 0.6) is 0 Å². The predicted octanol–water partition coefficient (Wildman–Crippen LogP) is 1.10. The second kappa shape index (κ2) is 4.00. The molecule has 2 aliphatic rings. The minimum Gasteiger partial charge on any atom is -0.334 e. The fourth-order valence-corrected chi connectivity index (χ4v) is 2.53. The van der Waals surface area contributed by atoms with Gasteiger partial charge in [0.15, 0.2) is 6.30 Å². The molecule has 1 aromatic carbocycles. The van der Waals surface area contributed by atoms with Crippen LogP contribution in [-0.4, -0.2) is 31.3 Å². The Kier molecular flexibility index (Phi) is 2.48. The number of nitrogens with zero attached hydrogens (tertiary/aromatic N) is 1. The molecule has 90 valence electrons. The van der Waals surface area contributed by atoms with Crippen molar-refractivity contribution in [3.8, 4) is 0 Å². The first-order chi connectivity index (χ1) is 8.25. The van der Waals surface area contributed by atoms with Crippen molar-refractivity contribution in [3.05, 3.63) is 24.3 Å². The van der Waals surface area contributed by atoms with Crippen molar-refractivity contribution in [3.63, 3.8) is 0 Å². The van der Waals surface area contributed by atoms with Gasteiger partial charge in [-0.2, -0.15) is 0 Å². The normalized spacial score (nSPS) is 27.8. The summed E-state index contributed by atoms with van der Waals surface area (Å²) in [5.41, 5.74) is 1.47. The maximum Gasteiger partial charge on any atom is 0.226 e. The van der Waals surface area contributed by atoms with Crippen molar-refractivity contribution in [2.75, 3.05) is 23.3 Å². The molecule has 2 unspecified atom stereocenters. The molecule has 2 atom stereocenters. The highest BCUT2D eigenvalue weighted by Crippen LogP contribution is 2.33. The summed E-state index contributed by atoms with van der Waals surface area (Å²) >= 11 is 0. The van der Waals surface area contributed by atoms with Gasteiger partial charge in [0, 0.05) is 19.5 Å². The third-order valence-corrected chi connectivity index (χ3v) is 3.27. The summed E-state index contributed by atoms with van der Waals surface area (Å²) in [6.45, 7) is 0.946. The smallest absolute Gasteiger partial charge is 0.226 e. The molecule has 0 saturated carbocycles. The van der Waals surface area contributed by atoms with E-state index >= 15 is 0 Å². The summed E-state index contributed by atoms with van der Waals surface area (Å²) in [6.07, 6.45) is -0.759. The topological polar surface area (TPSA) is 44.4 Å². The Morgan fingerprint density at radius 2 is 2.12 bits per heavy atom. The number of alkyl halides is 1. The summed E-state index contributed by atoms with van der Waals surface area (Å²) in [7, 11) is 0. The van der Waals surface area contributed by atoms with Crippen LogP contribution in [0.15, 0.2) is 24.3 Å². The number of carbonyl (C=O) groups is 1. The third-order valence-electron chi connectivity index (χ3n) is 3.27. The van der Waals surface area contributed by atoms with Crippen LogP contribution in [0.2, 0.25) is 0 Å². The number of fused-ring (bicyclic) bond motifs is 3. The Balaban J connectivity index is 2.07. The summed E-state index contributed by atoms with van der Waals surface area (Å²) in [4.78, 5) is 13.4. The molecule has 0 bridgehead atoms. The molecule has 17 heavy (non-hydrogen) atoms. The standard InChI is InChI=1S/C12H14FN3O/c13-11-7-14-6-8-5-12(17)15-9-3-1-2-4-10(9)16(8)11/h1-4,8,11,14H,5-7H2,(H,15,17). The second-order valence-electron chi connectivity index (χ2n) is 4.42. The molecule has 1 saturated heterocycles. The number of hydrogen-bond donors (Lipinski definition) is 2. The minimum atomic E-state index is -1.08. The Hall–Kier alpha value is -1.62. The molecule has 4 nitrogen and oxygen atoms in total. The van der Waals surface area contributed by atoms with Crippen LogP contribution in [-0.2, 0) is 4.79 Å². The molecular formula is C12H14FN3O. The molecule has 5 heteroatoms. The number of carbonyl (C=O) groups excluding carboxylic acids is 1. The van der Waals surface area contributed by atoms with Crippen molar-refractivity contribution in [2.24, 2.45) is 0 Å². The highest BCUT2D eigenvalue weighted by atomic mass is 19.1. The molecule has 0 spiro atoms. The van der Waals surface area contributed by atoms with Gasteiger partial charge in [0.25, 0.3) is 0 Å². The van der Waals surface area contributed by atoms with E-state index in [0.29, 0.717) is 25.2 Å². The lowest BCUT2D eigenvalue weighted by Gasteiger charge is -2.39. The van der Waals surface area contributed by atoms with Crippen molar-refractivity contribution in [2.45, 2.75) is 18.8 Å². The first kappa shape index (κ1) is 10.5. The zero-order valence-electron chi connectivity index (χ0n) is 9.32. The summed E-state index contributed by atoms with van der Waals surface area (Å²) in [5.74, 6) is -0.0548. The number of amides is 1. The molecule has 3 rings (SSSR count). The fraction of sp³-hybridized carbons (Fsp3) is 0.417. The van der Waals surface area contributed by atoms with Gasteiger partial charge in [0.05, 0.1) is 17.4 Å². The molecule has 1 aromatic rings. The third kappa shape index (κ3) is 1.76. The van der Waals surface area contributed by atoms with E-state index in [1.54, 1.807) is 4.90 Å². The number of piperazine rings is 1. The first-order valence-electron chi connectivity index (χ1n) is 5.78. The maximum absolute atomic E-state index is 14.0. The van der Waals surface area contributed by atoms with Gasteiger partial charge in [-0.05, 0) is 12.1 Å². The van der Waals surface area contributed by atoms with E-state index in [-0.39, 0.29) is 11.9 Å². The molecule has 0 aliphatic carbocycles. The van der Waals surface area contributed by atoms with E-state index in [2.05, 4.69) is 10.6 Å². The molecule has 2 heterocycles. The van der Waals surface area contributed by atoms with Crippen LogP contribution in [0.1, 0.15) is 6.42 Å². The van der Waals surface area contributed by atoms with Gasteiger partial charge in [0.1, 0.15) is 0 Å². The average Bonchev–Trinajstić information content (AvgIpc) is 2.44. The highest BCUT2D eigenvalue weighted by molar-refractivity contribution is 5.96. The summed E-state index contributed by atoms with van der Waals surface area (Å²) < 4.78 is 14.0. The molecule has 1 amide bonds. The molecule has 0 aromatic heterocycles. The molecule has 2 N–H and O–H groups in total. The van der Waals surface area contributed by atoms with E-state index < -0.39 is 6.30 Å². The number of rotatable bonds is 0. The van der Waals surface area contributed by atoms with Crippen molar-refractivity contribution < 1.29 is 9.18 Å². The number of anilines is 2. The average molecular weight is 235 g/mol. The Morgan fingerprint density at radius 1 is 1.29 bits per heavy atom. The Labute approximate surface area is 98.8 Å². The van der Waals surface area contributed by atoms with E-state index in [1.165, 1.54) is 0 Å². The van der Waals surface area contributed by atoms with Crippen LogP contribution in [0.25, 0.3) is 0 Å². The molecule has 1 fully saturated rings. The van der Waals surface area contributed by atoms with E-state index in [1.807, 2.05) is 24.3 Å². The van der Waals surface area contributed by atoms with Crippen LogP contribution in [0.4, 0.5) is 15.8 Å². The SMILES string of the molecule is O=C1CC2CNCC(F)N2c2ccccc2N1. The van der Waals surface area contributed by atoms with Crippen LogP contribution < -0.4 is 15.5 Å². The largest absolute Gasteiger partial charge is 0.334 e. The lowest BCUT2D eigenvalue weighted by Crippen LogP contribution is -2.56. The fourth-order valence-electron chi connectivity index (χ4n) is 2.53. The number of nitrogens with one attached hydrogen (secondary N) is 2. The molecular weight excluding hydrogens is 221 g/mol. The van der Waals surface area contributed by atoms with Crippen LogP contribution >= 0.6 is 0 Å². The number of benzene rings is 1. The summed E-state index contributed by atoms with van der Waals surface area (Å²) in [6, 6.07) is 7.26. The van der Waals surface area contributed by atoms with Gasteiger partial charge >= 0.3 is 0 Å². The van der Waals surface area contributed by atoms with Crippen molar-refractivity contribution in [1.82, 2.24) is 5.32 Å². The predicted molar refractivity (Wildman–Crippen MR) is 63.7 cm³/mol. The van der Waals surface area contributed by atoms with Gasteiger partial charge in [0.2, 0.25) is 5.91 Å². The van der Waals surface area contributed by atoms with Gasteiger partial charge < -0.3 is 15.5 Å². The van der Waals surface area contributed by atoms with E-state index in [9.17, 15) is 9.18 Å². The zero-order chi connectivity index (χ0) is 11.8. The number of hydrogen-bond acceptors (Lipinski definition) is 3. The van der Waals surface area contributed by atoms with Crippen molar-refractivity contribution >= 4 is 17.3 Å². The van der Waals surface area contributed by atoms with Gasteiger partial charge in [-0.3, -0.25) is 4.79 Å². The number of halogens is 1. The monoisotopic (exact) mass is 235 g/mol.